The smallest absolute Gasteiger partial charge is 0.0710 e. The molecule has 2 unspecified atom stereocenters. The van der Waals surface area contributed by atoms with Crippen LogP contribution in [0.15, 0.2) is 0 Å². The predicted octanol–water partition coefficient (Wildman–Crippen LogP) is 2.16. The molecule has 0 amide bonds. The number of hydrogen-bond acceptors (Lipinski definition) is 3. The molecule has 3 fully saturated rings. The average Bonchev–Trinajstić information content (AvgIpc) is 2.93. The molecular weight excluding hydrogens is 224 g/mol. The highest BCUT2D eigenvalue weighted by Gasteiger charge is 2.37. The van der Waals surface area contributed by atoms with Crippen molar-refractivity contribution in [3.05, 3.63) is 0 Å². The van der Waals surface area contributed by atoms with Gasteiger partial charge in [0.15, 0.2) is 0 Å². The van der Waals surface area contributed by atoms with Gasteiger partial charge in [0.25, 0.3) is 0 Å². The third-order valence-electron chi connectivity index (χ3n) is 4.67. The monoisotopic (exact) mass is 252 g/mol. The van der Waals surface area contributed by atoms with E-state index in [9.17, 15) is 0 Å². The van der Waals surface area contributed by atoms with Crippen molar-refractivity contribution in [1.82, 2.24) is 10.2 Å². The van der Waals surface area contributed by atoms with E-state index in [1.807, 2.05) is 0 Å². The summed E-state index contributed by atoms with van der Waals surface area (Å²) in [5.41, 5.74) is 0.117. The molecule has 1 N–H and O–H groups in total. The normalized spacial score (nSPS) is 35.5. The molecule has 0 aromatic rings. The highest BCUT2D eigenvalue weighted by molar-refractivity contribution is 4.91. The lowest BCUT2D eigenvalue weighted by Gasteiger charge is -2.29. The summed E-state index contributed by atoms with van der Waals surface area (Å²) in [5, 5.41) is 3.63. The van der Waals surface area contributed by atoms with E-state index in [0.29, 0.717) is 6.10 Å². The molecule has 3 rings (SSSR count). The van der Waals surface area contributed by atoms with Crippen LogP contribution in [0.2, 0.25) is 0 Å². The third kappa shape index (κ3) is 3.25. The van der Waals surface area contributed by atoms with Gasteiger partial charge in [0.05, 0.1) is 11.7 Å². The van der Waals surface area contributed by atoms with E-state index in [1.165, 1.54) is 51.6 Å². The van der Waals surface area contributed by atoms with Crippen molar-refractivity contribution in [2.24, 2.45) is 0 Å². The van der Waals surface area contributed by atoms with Crippen molar-refractivity contribution < 1.29 is 4.74 Å². The maximum atomic E-state index is 6.16. The van der Waals surface area contributed by atoms with Gasteiger partial charge in [0, 0.05) is 25.2 Å². The fourth-order valence-corrected chi connectivity index (χ4v) is 3.48. The van der Waals surface area contributed by atoms with Crippen LogP contribution >= 0.6 is 0 Å². The molecule has 2 atom stereocenters. The maximum Gasteiger partial charge on any atom is 0.0710 e. The van der Waals surface area contributed by atoms with Crippen molar-refractivity contribution in [3.8, 4) is 0 Å². The fraction of sp³-hybridized carbons (Fsp3) is 1.00. The zero-order valence-electron chi connectivity index (χ0n) is 12.0. The molecule has 3 aliphatic rings. The summed E-state index contributed by atoms with van der Waals surface area (Å²) in [6.45, 7) is 8.08. The van der Waals surface area contributed by atoms with E-state index >= 15 is 0 Å². The Kier molecular flexibility index (Phi) is 3.65. The van der Waals surface area contributed by atoms with Crippen LogP contribution in [0.25, 0.3) is 0 Å². The van der Waals surface area contributed by atoms with Crippen molar-refractivity contribution >= 4 is 0 Å². The Balaban J connectivity index is 1.51. The molecule has 1 aliphatic carbocycles. The molecule has 18 heavy (non-hydrogen) atoms. The van der Waals surface area contributed by atoms with Crippen molar-refractivity contribution in [1.29, 1.82) is 0 Å². The Bertz CT molecular complexity index is 282. The van der Waals surface area contributed by atoms with Crippen LogP contribution in [0.1, 0.15) is 52.4 Å². The van der Waals surface area contributed by atoms with Crippen LogP contribution in [0.4, 0.5) is 0 Å². The second-order valence-electron chi connectivity index (χ2n) is 7.02. The maximum absolute atomic E-state index is 6.16. The number of ether oxygens (including phenoxy) is 1. The van der Waals surface area contributed by atoms with Gasteiger partial charge in [-0.2, -0.15) is 0 Å². The molecule has 0 aromatic carbocycles. The van der Waals surface area contributed by atoms with Crippen LogP contribution in [-0.4, -0.2) is 48.3 Å². The summed E-state index contributed by atoms with van der Waals surface area (Å²) >= 11 is 0. The Morgan fingerprint density at radius 2 is 2.00 bits per heavy atom. The SMILES string of the molecule is CC1(C)CCC(CN(CC2CCCN2)C2CC2)O1. The summed E-state index contributed by atoms with van der Waals surface area (Å²) < 4.78 is 6.16. The lowest BCUT2D eigenvalue weighted by Crippen LogP contribution is -2.42. The first-order valence-electron chi connectivity index (χ1n) is 7.78. The second-order valence-corrected chi connectivity index (χ2v) is 7.02. The van der Waals surface area contributed by atoms with Crippen LogP contribution in [0, 0.1) is 0 Å². The Morgan fingerprint density at radius 1 is 1.17 bits per heavy atom. The van der Waals surface area contributed by atoms with Crippen molar-refractivity contribution in [2.75, 3.05) is 19.6 Å². The van der Waals surface area contributed by atoms with Gasteiger partial charge in [0.2, 0.25) is 0 Å². The van der Waals surface area contributed by atoms with Gasteiger partial charge < -0.3 is 10.1 Å². The van der Waals surface area contributed by atoms with Gasteiger partial charge >= 0.3 is 0 Å². The molecule has 2 aliphatic heterocycles. The molecular formula is C15H28N2O. The van der Waals surface area contributed by atoms with Crippen molar-refractivity contribution in [2.45, 2.75) is 76.2 Å². The molecule has 3 nitrogen and oxygen atoms in total. The molecule has 1 saturated carbocycles. The Labute approximate surface area is 111 Å². The zero-order chi connectivity index (χ0) is 12.6. The first-order chi connectivity index (χ1) is 8.62. The Hall–Kier alpha value is -0.120. The first-order valence-corrected chi connectivity index (χ1v) is 7.78. The minimum Gasteiger partial charge on any atom is -0.371 e. The first kappa shape index (κ1) is 12.9. The van der Waals surface area contributed by atoms with Gasteiger partial charge in [0.1, 0.15) is 0 Å². The highest BCUT2D eigenvalue weighted by atomic mass is 16.5. The summed E-state index contributed by atoms with van der Waals surface area (Å²) in [5.74, 6) is 0. The lowest BCUT2D eigenvalue weighted by atomic mass is 10.1. The minimum absolute atomic E-state index is 0.117. The highest BCUT2D eigenvalue weighted by Crippen LogP contribution is 2.33. The van der Waals surface area contributed by atoms with Gasteiger partial charge in [-0.1, -0.05) is 0 Å². The topological polar surface area (TPSA) is 24.5 Å². The van der Waals surface area contributed by atoms with Crippen molar-refractivity contribution in [3.63, 3.8) is 0 Å². The third-order valence-corrected chi connectivity index (χ3v) is 4.67. The number of rotatable bonds is 5. The van der Waals surface area contributed by atoms with Gasteiger partial charge in [-0.25, -0.2) is 0 Å². The van der Waals surface area contributed by atoms with E-state index in [0.717, 1.165) is 18.6 Å². The quantitative estimate of drug-likeness (QED) is 0.811. The van der Waals surface area contributed by atoms with Gasteiger partial charge in [-0.3, -0.25) is 4.90 Å². The summed E-state index contributed by atoms with van der Waals surface area (Å²) in [6, 6.07) is 1.60. The largest absolute Gasteiger partial charge is 0.371 e. The lowest BCUT2D eigenvalue weighted by molar-refractivity contribution is -0.0303. The summed E-state index contributed by atoms with van der Waals surface area (Å²) in [4.78, 5) is 2.70. The Morgan fingerprint density at radius 3 is 2.56 bits per heavy atom. The average molecular weight is 252 g/mol. The van der Waals surface area contributed by atoms with Crippen LogP contribution in [-0.2, 0) is 4.74 Å². The van der Waals surface area contributed by atoms with E-state index in [4.69, 9.17) is 4.74 Å². The standard InChI is InChI=1S/C15H28N2O/c1-15(2)8-7-14(18-15)11-17(13-5-6-13)10-12-4-3-9-16-12/h12-14,16H,3-11H2,1-2H3. The number of nitrogens with one attached hydrogen (secondary N) is 1. The zero-order valence-corrected chi connectivity index (χ0v) is 12.0. The second kappa shape index (κ2) is 5.10. The van der Waals surface area contributed by atoms with E-state index in [2.05, 4.69) is 24.1 Å². The fourth-order valence-electron chi connectivity index (χ4n) is 3.48. The molecule has 0 radical (unpaired) electrons. The summed E-state index contributed by atoms with van der Waals surface area (Å²) in [6.07, 6.45) is 8.47. The summed E-state index contributed by atoms with van der Waals surface area (Å²) in [7, 11) is 0. The van der Waals surface area contributed by atoms with E-state index in [-0.39, 0.29) is 5.60 Å². The van der Waals surface area contributed by atoms with Gasteiger partial charge in [-0.05, 0) is 58.9 Å². The molecule has 3 heteroatoms. The minimum atomic E-state index is 0.117. The van der Waals surface area contributed by atoms with E-state index in [1.54, 1.807) is 0 Å². The number of nitrogens with zero attached hydrogens (tertiary/aromatic N) is 1. The molecule has 0 aromatic heterocycles. The van der Waals surface area contributed by atoms with Crippen LogP contribution in [0.3, 0.4) is 0 Å². The van der Waals surface area contributed by atoms with Gasteiger partial charge in [-0.15, -0.1) is 0 Å². The van der Waals surface area contributed by atoms with Crippen LogP contribution < -0.4 is 5.32 Å². The molecule has 0 bridgehead atoms. The molecule has 2 heterocycles. The predicted molar refractivity (Wildman–Crippen MR) is 73.8 cm³/mol. The molecule has 104 valence electrons. The van der Waals surface area contributed by atoms with E-state index < -0.39 is 0 Å². The number of hydrogen-bond donors (Lipinski definition) is 1. The molecule has 2 saturated heterocycles. The van der Waals surface area contributed by atoms with Crippen LogP contribution in [0.5, 0.6) is 0 Å². The molecule has 0 spiro atoms.